The molecule has 0 aliphatic heterocycles. The molecule has 0 aliphatic carbocycles. The van der Waals surface area contributed by atoms with Gasteiger partial charge in [-0.05, 0) is 30.5 Å². The molecule has 1 unspecified atom stereocenters. The van der Waals surface area contributed by atoms with Crippen LogP contribution in [0.4, 0.5) is 0 Å². The van der Waals surface area contributed by atoms with Gasteiger partial charge in [-0.25, -0.2) is 0 Å². The van der Waals surface area contributed by atoms with Gasteiger partial charge in [0.15, 0.2) is 0 Å². The van der Waals surface area contributed by atoms with Crippen molar-refractivity contribution in [3.63, 3.8) is 0 Å². The summed E-state index contributed by atoms with van der Waals surface area (Å²) in [6.07, 6.45) is 3.59. The SMILES string of the molecule is CCC(Cc1cn[nH]n1)c1cc(OC)ccc1OC. The van der Waals surface area contributed by atoms with Gasteiger partial charge in [-0.1, -0.05) is 6.92 Å². The number of nitrogens with one attached hydrogen (secondary N) is 1. The van der Waals surface area contributed by atoms with E-state index in [0.29, 0.717) is 5.92 Å². The van der Waals surface area contributed by atoms with Crippen LogP contribution < -0.4 is 9.47 Å². The van der Waals surface area contributed by atoms with Crippen molar-refractivity contribution in [3.05, 3.63) is 35.7 Å². The molecular formula is C14H19N3O2. The molecule has 1 aromatic carbocycles. The number of benzene rings is 1. The second kappa shape index (κ2) is 6.22. The fraction of sp³-hybridized carbons (Fsp3) is 0.429. The highest BCUT2D eigenvalue weighted by Gasteiger charge is 2.17. The number of nitrogens with zero attached hydrogens (tertiary/aromatic N) is 2. The van der Waals surface area contributed by atoms with Gasteiger partial charge in [0.05, 0.1) is 26.1 Å². The Labute approximate surface area is 112 Å². The molecule has 1 N–H and O–H groups in total. The number of aromatic amines is 1. The lowest BCUT2D eigenvalue weighted by Gasteiger charge is -2.18. The smallest absolute Gasteiger partial charge is 0.122 e. The summed E-state index contributed by atoms with van der Waals surface area (Å²) in [7, 11) is 3.36. The molecule has 5 nitrogen and oxygen atoms in total. The van der Waals surface area contributed by atoms with Crippen LogP contribution in [0.3, 0.4) is 0 Å². The van der Waals surface area contributed by atoms with Crippen LogP contribution >= 0.6 is 0 Å². The van der Waals surface area contributed by atoms with E-state index in [1.54, 1.807) is 20.4 Å². The van der Waals surface area contributed by atoms with E-state index in [1.165, 1.54) is 0 Å². The summed E-state index contributed by atoms with van der Waals surface area (Å²) in [5.74, 6) is 2.06. The van der Waals surface area contributed by atoms with Gasteiger partial charge in [-0.2, -0.15) is 15.4 Å². The molecule has 0 fully saturated rings. The third kappa shape index (κ3) is 3.05. The summed E-state index contributed by atoms with van der Waals surface area (Å²) >= 11 is 0. The molecule has 5 heteroatoms. The van der Waals surface area contributed by atoms with E-state index >= 15 is 0 Å². The highest BCUT2D eigenvalue weighted by molar-refractivity contribution is 5.42. The van der Waals surface area contributed by atoms with Gasteiger partial charge in [0, 0.05) is 12.0 Å². The monoisotopic (exact) mass is 261 g/mol. The summed E-state index contributed by atoms with van der Waals surface area (Å²) in [5, 5.41) is 10.6. The van der Waals surface area contributed by atoms with E-state index < -0.39 is 0 Å². The van der Waals surface area contributed by atoms with Crippen molar-refractivity contribution in [3.8, 4) is 11.5 Å². The summed E-state index contributed by atoms with van der Waals surface area (Å²) in [4.78, 5) is 0. The molecule has 1 atom stereocenters. The van der Waals surface area contributed by atoms with Gasteiger partial charge < -0.3 is 9.47 Å². The molecule has 0 spiro atoms. The predicted molar refractivity (Wildman–Crippen MR) is 72.7 cm³/mol. The van der Waals surface area contributed by atoms with Crippen molar-refractivity contribution in [2.75, 3.05) is 14.2 Å². The zero-order valence-corrected chi connectivity index (χ0v) is 11.5. The lowest BCUT2D eigenvalue weighted by Crippen LogP contribution is -2.05. The summed E-state index contributed by atoms with van der Waals surface area (Å²) < 4.78 is 10.7. The molecule has 0 aliphatic rings. The first-order chi connectivity index (χ1) is 9.28. The molecule has 2 rings (SSSR count). The second-order valence-electron chi connectivity index (χ2n) is 4.38. The fourth-order valence-corrected chi connectivity index (χ4v) is 2.21. The summed E-state index contributed by atoms with van der Waals surface area (Å²) in [5.41, 5.74) is 2.10. The lowest BCUT2D eigenvalue weighted by molar-refractivity contribution is 0.393. The summed E-state index contributed by atoms with van der Waals surface area (Å²) in [6.45, 7) is 2.16. The maximum Gasteiger partial charge on any atom is 0.122 e. The Morgan fingerprint density at radius 1 is 1.26 bits per heavy atom. The average Bonchev–Trinajstić information content (AvgIpc) is 2.97. The number of hydrogen-bond acceptors (Lipinski definition) is 4. The molecule has 1 aromatic heterocycles. The van der Waals surface area contributed by atoms with Crippen molar-refractivity contribution < 1.29 is 9.47 Å². The molecule has 0 saturated heterocycles. The topological polar surface area (TPSA) is 60.0 Å². The van der Waals surface area contributed by atoms with Gasteiger partial charge in [0.1, 0.15) is 11.5 Å². The van der Waals surface area contributed by atoms with Gasteiger partial charge in [-0.3, -0.25) is 0 Å². The Hall–Kier alpha value is -2.04. The van der Waals surface area contributed by atoms with Crippen LogP contribution in [0, 0.1) is 0 Å². The molecule has 2 aromatic rings. The molecule has 19 heavy (non-hydrogen) atoms. The van der Waals surface area contributed by atoms with E-state index in [1.807, 2.05) is 18.2 Å². The molecule has 0 bridgehead atoms. The number of H-pyrrole nitrogens is 1. The highest BCUT2D eigenvalue weighted by atomic mass is 16.5. The van der Waals surface area contributed by atoms with Crippen molar-refractivity contribution in [2.45, 2.75) is 25.7 Å². The van der Waals surface area contributed by atoms with E-state index in [9.17, 15) is 0 Å². The zero-order chi connectivity index (χ0) is 13.7. The standard InChI is InChI=1S/C14H19N3O2/c1-4-10(7-11-9-15-17-16-11)13-8-12(18-2)5-6-14(13)19-3/h5-6,8-10H,4,7H2,1-3H3,(H,15,16,17). The Morgan fingerprint density at radius 2 is 2.11 bits per heavy atom. The number of methoxy groups -OCH3 is 2. The minimum atomic E-state index is 0.329. The molecule has 0 saturated carbocycles. The van der Waals surface area contributed by atoms with Gasteiger partial charge in [0.25, 0.3) is 0 Å². The van der Waals surface area contributed by atoms with Gasteiger partial charge >= 0.3 is 0 Å². The Bertz CT molecular complexity index is 511. The maximum absolute atomic E-state index is 5.45. The largest absolute Gasteiger partial charge is 0.497 e. The predicted octanol–water partition coefficient (Wildman–Crippen LogP) is 2.56. The van der Waals surface area contributed by atoms with Gasteiger partial charge in [0.2, 0.25) is 0 Å². The molecule has 1 heterocycles. The van der Waals surface area contributed by atoms with Crippen LogP contribution in [0.5, 0.6) is 11.5 Å². The Balaban J connectivity index is 2.30. The van der Waals surface area contributed by atoms with Crippen molar-refractivity contribution >= 4 is 0 Å². The molecule has 0 amide bonds. The van der Waals surface area contributed by atoms with Crippen LogP contribution in [0.1, 0.15) is 30.5 Å². The van der Waals surface area contributed by atoms with Crippen molar-refractivity contribution in [1.82, 2.24) is 15.4 Å². The first-order valence-corrected chi connectivity index (χ1v) is 6.35. The second-order valence-corrected chi connectivity index (χ2v) is 4.38. The fourth-order valence-electron chi connectivity index (χ4n) is 2.21. The Kier molecular flexibility index (Phi) is 4.39. The molecular weight excluding hydrogens is 242 g/mol. The maximum atomic E-state index is 5.45. The highest BCUT2D eigenvalue weighted by Crippen LogP contribution is 2.34. The Morgan fingerprint density at radius 3 is 2.68 bits per heavy atom. The van der Waals surface area contributed by atoms with E-state index in [0.717, 1.165) is 35.6 Å². The quantitative estimate of drug-likeness (QED) is 0.868. The first kappa shape index (κ1) is 13.4. The van der Waals surface area contributed by atoms with Crippen molar-refractivity contribution in [1.29, 1.82) is 0 Å². The van der Waals surface area contributed by atoms with E-state index in [-0.39, 0.29) is 0 Å². The third-order valence-corrected chi connectivity index (χ3v) is 3.29. The number of hydrogen-bond donors (Lipinski definition) is 1. The van der Waals surface area contributed by atoms with E-state index in [2.05, 4.69) is 22.3 Å². The van der Waals surface area contributed by atoms with Crippen molar-refractivity contribution in [2.24, 2.45) is 0 Å². The zero-order valence-electron chi connectivity index (χ0n) is 11.5. The minimum absolute atomic E-state index is 0.329. The minimum Gasteiger partial charge on any atom is -0.497 e. The normalized spacial score (nSPS) is 12.2. The number of aromatic nitrogens is 3. The van der Waals surface area contributed by atoms with E-state index in [4.69, 9.17) is 9.47 Å². The van der Waals surface area contributed by atoms with Crippen LogP contribution in [0.25, 0.3) is 0 Å². The lowest BCUT2D eigenvalue weighted by atomic mass is 9.91. The number of rotatable bonds is 6. The summed E-state index contributed by atoms with van der Waals surface area (Å²) in [6, 6.07) is 5.89. The molecule has 102 valence electrons. The number of ether oxygens (including phenoxy) is 2. The van der Waals surface area contributed by atoms with Crippen LogP contribution in [-0.4, -0.2) is 29.6 Å². The first-order valence-electron chi connectivity index (χ1n) is 6.35. The molecule has 0 radical (unpaired) electrons. The van der Waals surface area contributed by atoms with Gasteiger partial charge in [-0.15, -0.1) is 0 Å². The average molecular weight is 261 g/mol. The van der Waals surface area contributed by atoms with Crippen LogP contribution in [0.2, 0.25) is 0 Å². The van der Waals surface area contributed by atoms with Crippen LogP contribution in [-0.2, 0) is 6.42 Å². The van der Waals surface area contributed by atoms with Crippen LogP contribution in [0.15, 0.2) is 24.4 Å². The third-order valence-electron chi connectivity index (χ3n) is 3.29.